The van der Waals surface area contributed by atoms with Crippen LogP contribution in [0.3, 0.4) is 0 Å². The topological polar surface area (TPSA) is 24.5 Å². The molecule has 2 saturated heterocycles. The molecule has 3 heteroatoms. The Labute approximate surface area is 80.4 Å². The first-order valence-corrected chi connectivity index (χ1v) is 5.56. The second kappa shape index (κ2) is 4.94. The van der Waals surface area contributed by atoms with Crippen molar-refractivity contribution in [1.29, 1.82) is 0 Å². The summed E-state index contributed by atoms with van der Waals surface area (Å²) in [6.45, 7) is 4.32. The van der Waals surface area contributed by atoms with E-state index in [-0.39, 0.29) is 0 Å². The Bertz CT molecular complexity index is 124. The van der Waals surface area contributed by atoms with Gasteiger partial charge in [-0.05, 0) is 32.2 Å². The molecule has 2 aliphatic heterocycles. The lowest BCUT2D eigenvalue weighted by molar-refractivity contribution is -0.184. The summed E-state index contributed by atoms with van der Waals surface area (Å²) in [6.07, 6.45) is 6.57. The van der Waals surface area contributed by atoms with Crippen LogP contribution in [0.5, 0.6) is 0 Å². The van der Waals surface area contributed by atoms with Gasteiger partial charge in [0.1, 0.15) is 0 Å². The van der Waals surface area contributed by atoms with Crippen LogP contribution < -0.4 is 5.32 Å². The molecule has 0 spiro atoms. The third-order valence-corrected chi connectivity index (χ3v) is 2.91. The molecule has 2 rings (SSSR count). The van der Waals surface area contributed by atoms with Gasteiger partial charge in [-0.1, -0.05) is 6.42 Å². The molecular formula is C10H20N2O. The number of piperidine rings is 1. The molecule has 2 aliphatic rings. The SMILES string of the molecule is C1CCC(CN2CCCCO2)NC1. The van der Waals surface area contributed by atoms with Crippen LogP contribution >= 0.6 is 0 Å². The highest BCUT2D eigenvalue weighted by Crippen LogP contribution is 2.11. The molecule has 0 radical (unpaired) electrons. The smallest absolute Gasteiger partial charge is 0.0685 e. The Morgan fingerprint density at radius 1 is 1.23 bits per heavy atom. The Hall–Kier alpha value is -0.120. The number of hydroxylamine groups is 2. The van der Waals surface area contributed by atoms with Gasteiger partial charge in [0, 0.05) is 19.1 Å². The molecule has 13 heavy (non-hydrogen) atoms. The van der Waals surface area contributed by atoms with E-state index in [1.165, 1.54) is 38.6 Å². The van der Waals surface area contributed by atoms with Gasteiger partial charge < -0.3 is 5.32 Å². The third-order valence-electron chi connectivity index (χ3n) is 2.91. The molecule has 2 heterocycles. The van der Waals surface area contributed by atoms with Gasteiger partial charge in [0.25, 0.3) is 0 Å². The van der Waals surface area contributed by atoms with Gasteiger partial charge in [-0.15, -0.1) is 0 Å². The first-order chi connectivity index (χ1) is 6.45. The fourth-order valence-electron chi connectivity index (χ4n) is 2.12. The van der Waals surface area contributed by atoms with Gasteiger partial charge in [-0.25, -0.2) is 0 Å². The number of hydrogen-bond acceptors (Lipinski definition) is 3. The summed E-state index contributed by atoms with van der Waals surface area (Å²) in [5, 5.41) is 5.69. The Morgan fingerprint density at radius 3 is 2.92 bits per heavy atom. The van der Waals surface area contributed by atoms with Gasteiger partial charge in [0.05, 0.1) is 6.61 Å². The van der Waals surface area contributed by atoms with Crippen LogP contribution in [0, 0.1) is 0 Å². The van der Waals surface area contributed by atoms with E-state index in [0.717, 1.165) is 19.7 Å². The zero-order valence-corrected chi connectivity index (χ0v) is 8.30. The van der Waals surface area contributed by atoms with Crippen molar-refractivity contribution in [1.82, 2.24) is 10.4 Å². The molecule has 0 aromatic heterocycles. The lowest BCUT2D eigenvalue weighted by Crippen LogP contribution is -2.45. The largest absolute Gasteiger partial charge is 0.313 e. The fraction of sp³-hybridized carbons (Fsp3) is 1.00. The van der Waals surface area contributed by atoms with E-state index in [9.17, 15) is 0 Å². The monoisotopic (exact) mass is 184 g/mol. The maximum atomic E-state index is 5.57. The molecule has 3 nitrogen and oxygen atoms in total. The maximum absolute atomic E-state index is 5.57. The summed E-state index contributed by atoms with van der Waals surface area (Å²) in [6, 6.07) is 0.673. The van der Waals surface area contributed by atoms with Crippen molar-refractivity contribution in [2.45, 2.75) is 38.1 Å². The van der Waals surface area contributed by atoms with Crippen LogP contribution in [-0.4, -0.2) is 37.3 Å². The lowest BCUT2D eigenvalue weighted by Gasteiger charge is -2.32. The van der Waals surface area contributed by atoms with Crippen molar-refractivity contribution in [2.75, 3.05) is 26.2 Å². The molecule has 0 saturated carbocycles. The summed E-state index contributed by atoms with van der Waals surface area (Å²) in [7, 11) is 0. The Morgan fingerprint density at radius 2 is 2.23 bits per heavy atom. The van der Waals surface area contributed by atoms with Gasteiger partial charge in [0.2, 0.25) is 0 Å². The van der Waals surface area contributed by atoms with Crippen LogP contribution in [0.15, 0.2) is 0 Å². The van der Waals surface area contributed by atoms with E-state index in [0.29, 0.717) is 6.04 Å². The Balaban J connectivity index is 1.69. The van der Waals surface area contributed by atoms with Crippen LogP contribution in [0.1, 0.15) is 32.1 Å². The quantitative estimate of drug-likeness (QED) is 0.697. The van der Waals surface area contributed by atoms with E-state index in [1.807, 2.05) is 0 Å². The van der Waals surface area contributed by atoms with E-state index in [2.05, 4.69) is 10.4 Å². The highest BCUT2D eigenvalue weighted by atomic mass is 16.7. The molecule has 2 fully saturated rings. The highest BCUT2D eigenvalue weighted by molar-refractivity contribution is 4.74. The Kier molecular flexibility index (Phi) is 3.58. The minimum Gasteiger partial charge on any atom is -0.313 e. The minimum absolute atomic E-state index is 0.673. The molecule has 1 atom stereocenters. The highest BCUT2D eigenvalue weighted by Gasteiger charge is 2.18. The van der Waals surface area contributed by atoms with Crippen molar-refractivity contribution in [2.24, 2.45) is 0 Å². The number of nitrogens with zero attached hydrogens (tertiary/aromatic N) is 1. The summed E-state index contributed by atoms with van der Waals surface area (Å²) in [4.78, 5) is 5.57. The van der Waals surface area contributed by atoms with Crippen LogP contribution in [0.4, 0.5) is 0 Å². The second-order valence-corrected chi connectivity index (χ2v) is 4.08. The zero-order valence-electron chi connectivity index (χ0n) is 8.30. The average molecular weight is 184 g/mol. The minimum atomic E-state index is 0.673. The van der Waals surface area contributed by atoms with E-state index in [4.69, 9.17) is 4.84 Å². The maximum Gasteiger partial charge on any atom is 0.0685 e. The predicted octanol–water partition coefficient (Wildman–Crippen LogP) is 1.16. The summed E-state index contributed by atoms with van der Waals surface area (Å²) >= 11 is 0. The molecule has 76 valence electrons. The van der Waals surface area contributed by atoms with Gasteiger partial charge in [-0.2, -0.15) is 5.06 Å². The lowest BCUT2D eigenvalue weighted by atomic mass is 10.0. The van der Waals surface area contributed by atoms with Crippen molar-refractivity contribution >= 4 is 0 Å². The van der Waals surface area contributed by atoms with Crippen LogP contribution in [0.2, 0.25) is 0 Å². The van der Waals surface area contributed by atoms with E-state index >= 15 is 0 Å². The number of rotatable bonds is 2. The standard InChI is InChI=1S/C10H20N2O/c1-2-6-11-10(5-1)9-12-7-3-4-8-13-12/h10-11H,1-9H2. The van der Waals surface area contributed by atoms with Crippen LogP contribution in [0.25, 0.3) is 0 Å². The van der Waals surface area contributed by atoms with Crippen LogP contribution in [-0.2, 0) is 4.84 Å². The first kappa shape index (κ1) is 9.44. The van der Waals surface area contributed by atoms with E-state index in [1.54, 1.807) is 0 Å². The molecule has 0 aromatic carbocycles. The normalized spacial score (nSPS) is 31.8. The zero-order chi connectivity index (χ0) is 8.93. The van der Waals surface area contributed by atoms with Crippen molar-refractivity contribution in [3.8, 4) is 0 Å². The van der Waals surface area contributed by atoms with Gasteiger partial charge in [0.15, 0.2) is 0 Å². The molecule has 0 aliphatic carbocycles. The second-order valence-electron chi connectivity index (χ2n) is 4.08. The molecular weight excluding hydrogens is 164 g/mol. The molecule has 0 aromatic rings. The molecule has 1 N–H and O–H groups in total. The third kappa shape index (κ3) is 2.93. The van der Waals surface area contributed by atoms with Crippen molar-refractivity contribution < 1.29 is 4.84 Å². The van der Waals surface area contributed by atoms with Gasteiger partial charge >= 0.3 is 0 Å². The average Bonchev–Trinajstić information content (AvgIpc) is 2.21. The number of hydrogen-bond donors (Lipinski definition) is 1. The molecule has 0 amide bonds. The van der Waals surface area contributed by atoms with Crippen molar-refractivity contribution in [3.63, 3.8) is 0 Å². The van der Waals surface area contributed by atoms with Crippen molar-refractivity contribution in [3.05, 3.63) is 0 Å². The molecule has 1 unspecified atom stereocenters. The summed E-state index contributed by atoms with van der Waals surface area (Å²) < 4.78 is 0. The molecule has 0 bridgehead atoms. The predicted molar refractivity (Wildman–Crippen MR) is 52.4 cm³/mol. The first-order valence-electron chi connectivity index (χ1n) is 5.56. The number of nitrogens with one attached hydrogen (secondary N) is 1. The summed E-state index contributed by atoms with van der Waals surface area (Å²) in [5.74, 6) is 0. The van der Waals surface area contributed by atoms with Gasteiger partial charge in [-0.3, -0.25) is 4.84 Å². The fourth-order valence-corrected chi connectivity index (χ4v) is 2.12. The van der Waals surface area contributed by atoms with E-state index < -0.39 is 0 Å². The summed E-state index contributed by atoms with van der Waals surface area (Å²) in [5.41, 5.74) is 0.